The van der Waals surface area contributed by atoms with Crippen LogP contribution in [0.15, 0.2) is 11.6 Å². The number of carboxylic acid groups (broad SMARTS) is 1. The van der Waals surface area contributed by atoms with Crippen LogP contribution in [0, 0.1) is 5.92 Å². The van der Waals surface area contributed by atoms with Gasteiger partial charge in [0.1, 0.15) is 0 Å². The highest BCUT2D eigenvalue weighted by Gasteiger charge is 2.21. The minimum absolute atomic E-state index is 0.262. The van der Waals surface area contributed by atoms with Gasteiger partial charge in [-0.3, -0.25) is 9.59 Å². The largest absolute Gasteiger partial charge is 0.481 e. The van der Waals surface area contributed by atoms with Crippen molar-refractivity contribution in [2.45, 2.75) is 19.3 Å². The van der Waals surface area contributed by atoms with Crippen molar-refractivity contribution < 1.29 is 19.4 Å². The highest BCUT2D eigenvalue weighted by Crippen LogP contribution is 2.23. The number of allylic oxidation sites excluding steroid dienone is 1. The number of hydrogen-bond acceptors (Lipinski definition) is 3. The molecule has 1 amide bonds. The zero-order chi connectivity index (χ0) is 12.7. The standard InChI is InChI=1S/C12H19NO4/c1-17-7-6-13(9-14)8-10-2-4-11(5-3-10)12(15)16/h2,9,11H,3-8H2,1H3,(H,15,16). The molecular formula is C12H19NO4. The predicted molar refractivity (Wildman–Crippen MR) is 62.6 cm³/mol. The van der Waals surface area contributed by atoms with Gasteiger partial charge in [0.05, 0.1) is 12.5 Å². The van der Waals surface area contributed by atoms with E-state index in [1.54, 1.807) is 12.0 Å². The van der Waals surface area contributed by atoms with Crippen LogP contribution in [0.4, 0.5) is 0 Å². The number of carboxylic acids is 1. The van der Waals surface area contributed by atoms with Gasteiger partial charge < -0.3 is 14.7 Å². The first-order valence-electron chi connectivity index (χ1n) is 5.76. The number of carbonyl (C=O) groups excluding carboxylic acids is 1. The van der Waals surface area contributed by atoms with Gasteiger partial charge in [0, 0.05) is 20.2 Å². The Bertz CT molecular complexity index is 301. The van der Waals surface area contributed by atoms with Gasteiger partial charge in [0.2, 0.25) is 6.41 Å². The van der Waals surface area contributed by atoms with Crippen molar-refractivity contribution in [3.05, 3.63) is 11.6 Å². The molecule has 1 aliphatic rings. The van der Waals surface area contributed by atoms with Crippen LogP contribution in [-0.2, 0) is 14.3 Å². The van der Waals surface area contributed by atoms with Gasteiger partial charge >= 0.3 is 5.97 Å². The fourth-order valence-electron chi connectivity index (χ4n) is 1.89. The highest BCUT2D eigenvalue weighted by molar-refractivity contribution is 5.70. The van der Waals surface area contributed by atoms with Crippen molar-refractivity contribution in [1.82, 2.24) is 4.90 Å². The third kappa shape index (κ3) is 4.56. The Morgan fingerprint density at radius 3 is 2.94 bits per heavy atom. The summed E-state index contributed by atoms with van der Waals surface area (Å²) in [7, 11) is 1.60. The summed E-state index contributed by atoms with van der Waals surface area (Å²) in [5.41, 5.74) is 1.14. The van der Waals surface area contributed by atoms with Gasteiger partial charge in [-0.2, -0.15) is 0 Å². The second-order valence-electron chi connectivity index (χ2n) is 4.24. The Morgan fingerprint density at radius 2 is 2.47 bits per heavy atom. The number of methoxy groups -OCH3 is 1. The summed E-state index contributed by atoms with van der Waals surface area (Å²) in [4.78, 5) is 23.2. The van der Waals surface area contributed by atoms with Gasteiger partial charge in [0.15, 0.2) is 0 Å². The lowest BCUT2D eigenvalue weighted by atomic mass is 9.89. The molecule has 17 heavy (non-hydrogen) atoms. The van der Waals surface area contributed by atoms with E-state index in [1.807, 2.05) is 6.08 Å². The zero-order valence-electron chi connectivity index (χ0n) is 10.1. The highest BCUT2D eigenvalue weighted by atomic mass is 16.5. The minimum atomic E-state index is -0.730. The summed E-state index contributed by atoms with van der Waals surface area (Å²) < 4.78 is 4.91. The van der Waals surface area contributed by atoms with Crippen LogP contribution in [0.3, 0.4) is 0 Å². The lowest BCUT2D eigenvalue weighted by Crippen LogP contribution is -2.29. The van der Waals surface area contributed by atoms with Crippen molar-refractivity contribution in [3.8, 4) is 0 Å². The zero-order valence-corrected chi connectivity index (χ0v) is 10.1. The fourth-order valence-corrected chi connectivity index (χ4v) is 1.89. The molecule has 1 N–H and O–H groups in total. The van der Waals surface area contributed by atoms with E-state index in [0.29, 0.717) is 32.5 Å². The third-order valence-corrected chi connectivity index (χ3v) is 2.99. The minimum Gasteiger partial charge on any atom is -0.481 e. The quantitative estimate of drug-likeness (QED) is 0.531. The molecule has 0 saturated carbocycles. The number of ether oxygens (including phenoxy) is 1. The molecule has 0 radical (unpaired) electrons. The van der Waals surface area contributed by atoms with E-state index >= 15 is 0 Å². The number of carbonyl (C=O) groups is 2. The molecule has 0 aromatic heterocycles. The van der Waals surface area contributed by atoms with Crippen molar-refractivity contribution in [2.75, 3.05) is 26.8 Å². The molecule has 5 nitrogen and oxygen atoms in total. The molecule has 0 aromatic carbocycles. The van der Waals surface area contributed by atoms with Gasteiger partial charge in [-0.05, 0) is 19.3 Å². The Balaban J connectivity index is 2.41. The monoisotopic (exact) mass is 241 g/mol. The first-order valence-corrected chi connectivity index (χ1v) is 5.76. The average molecular weight is 241 g/mol. The molecule has 1 rings (SSSR count). The molecule has 1 atom stereocenters. The summed E-state index contributed by atoms with van der Waals surface area (Å²) in [6.45, 7) is 1.67. The lowest BCUT2D eigenvalue weighted by molar-refractivity contribution is -0.142. The summed E-state index contributed by atoms with van der Waals surface area (Å²) in [5, 5.41) is 8.86. The van der Waals surface area contributed by atoms with Crippen LogP contribution in [-0.4, -0.2) is 49.2 Å². The van der Waals surface area contributed by atoms with E-state index in [2.05, 4.69) is 0 Å². The summed E-state index contributed by atoms with van der Waals surface area (Å²) in [6, 6.07) is 0. The number of nitrogens with zero attached hydrogens (tertiary/aromatic N) is 1. The molecule has 0 aromatic rings. The first-order chi connectivity index (χ1) is 8.17. The van der Waals surface area contributed by atoms with Crippen LogP contribution < -0.4 is 0 Å². The van der Waals surface area contributed by atoms with E-state index in [9.17, 15) is 9.59 Å². The average Bonchev–Trinajstić information content (AvgIpc) is 2.35. The maximum atomic E-state index is 10.8. The van der Waals surface area contributed by atoms with Crippen molar-refractivity contribution in [2.24, 2.45) is 5.92 Å². The maximum absolute atomic E-state index is 10.8. The molecule has 0 spiro atoms. The Labute approximate surface area is 101 Å². The second kappa shape index (κ2) is 7.06. The summed E-state index contributed by atoms with van der Waals surface area (Å²) in [6.07, 6.45) is 4.75. The molecule has 1 aliphatic carbocycles. The molecule has 1 unspecified atom stereocenters. The molecule has 0 saturated heterocycles. The molecule has 96 valence electrons. The number of rotatable bonds is 7. The van der Waals surface area contributed by atoms with E-state index < -0.39 is 5.97 Å². The molecule has 0 fully saturated rings. The van der Waals surface area contributed by atoms with Crippen molar-refractivity contribution in [1.29, 1.82) is 0 Å². The van der Waals surface area contributed by atoms with Crippen molar-refractivity contribution in [3.63, 3.8) is 0 Å². The van der Waals surface area contributed by atoms with Crippen molar-refractivity contribution >= 4 is 12.4 Å². The number of amides is 1. The molecule has 5 heteroatoms. The number of hydrogen-bond donors (Lipinski definition) is 1. The SMILES string of the molecule is COCCN(C=O)CC1=CCC(C(=O)O)CC1. The van der Waals surface area contributed by atoms with Crippen LogP contribution in [0.25, 0.3) is 0 Å². The van der Waals surface area contributed by atoms with E-state index in [-0.39, 0.29) is 5.92 Å². The van der Waals surface area contributed by atoms with Gasteiger partial charge in [0.25, 0.3) is 0 Å². The Morgan fingerprint density at radius 1 is 1.71 bits per heavy atom. The van der Waals surface area contributed by atoms with Gasteiger partial charge in [-0.15, -0.1) is 0 Å². The molecule has 0 aliphatic heterocycles. The Kier molecular flexibility index (Phi) is 5.69. The summed E-state index contributed by atoms with van der Waals surface area (Å²) >= 11 is 0. The summed E-state index contributed by atoms with van der Waals surface area (Å²) in [5.74, 6) is -0.991. The van der Waals surface area contributed by atoms with Gasteiger partial charge in [-0.25, -0.2) is 0 Å². The second-order valence-corrected chi connectivity index (χ2v) is 4.24. The third-order valence-electron chi connectivity index (χ3n) is 2.99. The molecule has 0 bridgehead atoms. The predicted octanol–water partition coefficient (Wildman–Crippen LogP) is 0.902. The fraction of sp³-hybridized carbons (Fsp3) is 0.667. The Hall–Kier alpha value is -1.36. The smallest absolute Gasteiger partial charge is 0.306 e. The van der Waals surface area contributed by atoms with Gasteiger partial charge in [-0.1, -0.05) is 11.6 Å². The normalized spacial score (nSPS) is 19.6. The van der Waals surface area contributed by atoms with E-state index in [0.717, 1.165) is 18.4 Å². The topological polar surface area (TPSA) is 66.8 Å². The van der Waals surface area contributed by atoms with Crippen LogP contribution in [0.2, 0.25) is 0 Å². The molecule has 0 heterocycles. The van der Waals surface area contributed by atoms with Crippen LogP contribution in [0.1, 0.15) is 19.3 Å². The molecular weight excluding hydrogens is 222 g/mol. The van der Waals surface area contributed by atoms with E-state index in [1.165, 1.54) is 0 Å². The lowest BCUT2D eigenvalue weighted by Gasteiger charge is -2.23. The van der Waals surface area contributed by atoms with Crippen LogP contribution >= 0.6 is 0 Å². The van der Waals surface area contributed by atoms with Crippen LogP contribution in [0.5, 0.6) is 0 Å². The first kappa shape index (κ1) is 13.7. The number of aliphatic carboxylic acids is 1. The van der Waals surface area contributed by atoms with E-state index in [4.69, 9.17) is 9.84 Å². The maximum Gasteiger partial charge on any atom is 0.306 e.